The number of anilines is 2. The van der Waals surface area contributed by atoms with Crippen LogP contribution in [0.5, 0.6) is 0 Å². The number of benzene rings is 4. The molecule has 198 valence electrons. The Balaban J connectivity index is 1.67. The number of allylic oxidation sites excluding steroid dienone is 1. The maximum Gasteiger partial charge on any atom is 0.174 e. The van der Waals surface area contributed by atoms with Crippen LogP contribution >= 0.6 is 0 Å². The Hall–Kier alpha value is -5.75. The molecule has 0 saturated carbocycles. The minimum atomic E-state index is -1.37. The lowest BCUT2D eigenvalue weighted by molar-refractivity contribution is 0.560. The van der Waals surface area contributed by atoms with Gasteiger partial charge >= 0.3 is 0 Å². The highest BCUT2D eigenvalue weighted by molar-refractivity contribution is 6.64. The van der Waals surface area contributed by atoms with Crippen molar-refractivity contribution in [3.63, 3.8) is 0 Å². The average Bonchev–Trinajstić information content (AvgIpc) is 3.00. The van der Waals surface area contributed by atoms with Crippen LogP contribution in [0.25, 0.3) is 44.9 Å². The van der Waals surface area contributed by atoms with Gasteiger partial charge in [0.15, 0.2) is 17.5 Å². The number of nitrogen functional groups attached to an aromatic ring is 2. The molecule has 6 rings (SSSR count). The molecule has 6 nitrogen and oxygen atoms in total. The van der Waals surface area contributed by atoms with Crippen LogP contribution in [0.4, 0.5) is 24.5 Å². The van der Waals surface area contributed by atoms with Crippen LogP contribution in [0.15, 0.2) is 72.8 Å². The number of aromatic nitrogens is 1. The van der Waals surface area contributed by atoms with Gasteiger partial charge in [-0.05, 0) is 35.4 Å². The molecule has 0 bridgehead atoms. The highest BCUT2D eigenvalue weighted by Crippen LogP contribution is 2.41. The second kappa shape index (κ2) is 9.47. The summed E-state index contributed by atoms with van der Waals surface area (Å²) in [5, 5.41) is 27.6. The molecule has 0 fully saturated rings. The summed E-state index contributed by atoms with van der Waals surface area (Å²) in [6, 6.07) is 22.4. The predicted octanol–water partition coefficient (Wildman–Crippen LogP) is 6.96. The number of nitrogens with zero attached hydrogens (tertiary/aromatic N) is 2. The van der Waals surface area contributed by atoms with E-state index in [2.05, 4.69) is 6.07 Å². The molecule has 1 aliphatic rings. The molecule has 41 heavy (non-hydrogen) atoms. The van der Waals surface area contributed by atoms with Crippen LogP contribution in [0.3, 0.4) is 0 Å². The largest absolute Gasteiger partial charge is 0.394 e. The van der Waals surface area contributed by atoms with E-state index in [1.807, 2.05) is 30.3 Å². The van der Waals surface area contributed by atoms with Crippen molar-refractivity contribution in [2.24, 2.45) is 0 Å². The second-order valence-electron chi connectivity index (χ2n) is 9.49. The zero-order valence-corrected chi connectivity index (χ0v) is 21.2. The van der Waals surface area contributed by atoms with E-state index in [-0.39, 0.29) is 22.5 Å². The lowest BCUT2D eigenvalue weighted by atomic mass is 9.82. The number of nitriles is 1. The van der Waals surface area contributed by atoms with Crippen LogP contribution < -0.4 is 11.5 Å². The van der Waals surface area contributed by atoms with Crippen LogP contribution in [-0.2, 0) is 0 Å². The molecular weight excluding hydrogens is 525 g/mol. The zero-order valence-electron chi connectivity index (χ0n) is 21.2. The first-order valence-electron chi connectivity index (χ1n) is 12.4. The van der Waals surface area contributed by atoms with Crippen molar-refractivity contribution in [3.05, 3.63) is 113 Å². The first kappa shape index (κ1) is 25.5. The predicted molar refractivity (Wildman–Crippen MR) is 155 cm³/mol. The summed E-state index contributed by atoms with van der Waals surface area (Å²) in [7, 11) is 0. The van der Waals surface area contributed by atoms with Gasteiger partial charge in [0.25, 0.3) is 0 Å². The Labute approximate surface area is 232 Å². The molecule has 9 heteroatoms. The fourth-order valence-corrected chi connectivity index (χ4v) is 5.05. The lowest BCUT2D eigenvalue weighted by Crippen LogP contribution is -2.21. The smallest absolute Gasteiger partial charge is 0.174 e. The van der Waals surface area contributed by atoms with Gasteiger partial charge in [-0.1, -0.05) is 54.6 Å². The van der Waals surface area contributed by atoms with E-state index in [0.29, 0.717) is 38.9 Å². The molecule has 6 N–H and O–H groups in total. The summed E-state index contributed by atoms with van der Waals surface area (Å²) in [5.74, 6) is -3.94. The molecule has 1 heterocycles. The van der Waals surface area contributed by atoms with Crippen molar-refractivity contribution < 1.29 is 13.2 Å². The highest BCUT2D eigenvalue weighted by Gasteiger charge is 2.29. The monoisotopic (exact) mass is 544 g/mol. The van der Waals surface area contributed by atoms with Gasteiger partial charge in [-0.3, -0.25) is 10.8 Å². The second-order valence-corrected chi connectivity index (χ2v) is 9.49. The van der Waals surface area contributed by atoms with E-state index >= 15 is 8.78 Å². The Morgan fingerprint density at radius 2 is 1.34 bits per heavy atom. The number of halogens is 3. The zero-order chi connectivity index (χ0) is 29.0. The minimum Gasteiger partial charge on any atom is -0.394 e. The topological polar surface area (TPSA) is 136 Å². The first-order valence-corrected chi connectivity index (χ1v) is 12.4. The van der Waals surface area contributed by atoms with Gasteiger partial charge in [-0.15, -0.1) is 0 Å². The molecule has 0 aliphatic heterocycles. The number of hydrogen-bond acceptors (Lipinski definition) is 6. The summed E-state index contributed by atoms with van der Waals surface area (Å²) >= 11 is 0. The van der Waals surface area contributed by atoms with Gasteiger partial charge in [0, 0.05) is 27.6 Å². The van der Waals surface area contributed by atoms with Gasteiger partial charge in [0.1, 0.15) is 11.4 Å². The molecule has 4 aromatic carbocycles. The average molecular weight is 545 g/mol. The van der Waals surface area contributed by atoms with Crippen molar-refractivity contribution in [3.8, 4) is 28.5 Å². The summed E-state index contributed by atoms with van der Waals surface area (Å²) < 4.78 is 44.1. The maximum atomic E-state index is 15.0. The highest BCUT2D eigenvalue weighted by atomic mass is 19.1. The normalized spacial score (nSPS) is 12.7. The molecule has 5 aromatic rings. The van der Waals surface area contributed by atoms with Crippen LogP contribution in [0.1, 0.15) is 22.3 Å². The Morgan fingerprint density at radius 3 is 1.98 bits per heavy atom. The van der Waals surface area contributed by atoms with Gasteiger partial charge in [0.05, 0.1) is 39.8 Å². The van der Waals surface area contributed by atoms with Gasteiger partial charge in [-0.25, -0.2) is 18.2 Å². The molecule has 0 spiro atoms. The van der Waals surface area contributed by atoms with Crippen LogP contribution in [0, 0.1) is 39.6 Å². The van der Waals surface area contributed by atoms with Gasteiger partial charge in [-0.2, -0.15) is 5.26 Å². The van der Waals surface area contributed by atoms with Crippen molar-refractivity contribution in [1.82, 2.24) is 4.98 Å². The van der Waals surface area contributed by atoms with E-state index in [9.17, 15) is 9.65 Å². The van der Waals surface area contributed by atoms with Gasteiger partial charge < -0.3 is 11.5 Å². The lowest BCUT2D eigenvalue weighted by Gasteiger charge is -2.23. The summed E-state index contributed by atoms with van der Waals surface area (Å²) in [5.41, 5.74) is 12.7. The van der Waals surface area contributed by atoms with Crippen molar-refractivity contribution in [1.29, 1.82) is 16.1 Å². The molecule has 0 atom stereocenters. The van der Waals surface area contributed by atoms with E-state index in [1.165, 1.54) is 12.1 Å². The number of nitrogens with two attached hydrogens (primary N) is 2. The molecular formula is C32H19F3N6. The Morgan fingerprint density at radius 1 is 0.707 bits per heavy atom. The molecule has 0 amide bonds. The van der Waals surface area contributed by atoms with Crippen molar-refractivity contribution in [2.45, 2.75) is 0 Å². The van der Waals surface area contributed by atoms with Crippen LogP contribution in [0.2, 0.25) is 0 Å². The molecule has 0 saturated heterocycles. The Bertz CT molecular complexity index is 2000. The number of hydrogen-bond donors (Lipinski definition) is 4. The maximum absolute atomic E-state index is 15.0. The molecule has 0 unspecified atom stereocenters. The number of rotatable bonds is 3. The number of fused-ring (bicyclic) bond motifs is 3. The van der Waals surface area contributed by atoms with E-state index in [0.717, 1.165) is 5.56 Å². The van der Waals surface area contributed by atoms with E-state index in [1.54, 1.807) is 36.4 Å². The van der Waals surface area contributed by atoms with E-state index < -0.39 is 34.4 Å². The third-order valence-electron chi connectivity index (χ3n) is 7.13. The van der Waals surface area contributed by atoms with Crippen molar-refractivity contribution >= 4 is 45.4 Å². The fraction of sp³-hybridized carbons (Fsp3) is 0. The standard InChI is InChI=1S/C32H19F3N6/c33-25-23(26(34)31(40)27(35)30(25)39)18-10-11-19-22(12-18)41-32(17-8-6-15(14-36)7-9-17)21-13-20(16-4-2-1-3-5-16)28(37)29(38)24(19)21/h1-13,37-38H,39-40H2. The molecule has 0 radical (unpaired) electrons. The molecule has 1 aliphatic carbocycles. The summed E-state index contributed by atoms with van der Waals surface area (Å²) in [4.78, 5) is 4.83. The molecule has 1 aromatic heterocycles. The first-order chi connectivity index (χ1) is 19.7. The van der Waals surface area contributed by atoms with E-state index in [4.69, 9.17) is 27.3 Å². The fourth-order valence-electron chi connectivity index (χ4n) is 5.05. The minimum absolute atomic E-state index is 0.00206. The summed E-state index contributed by atoms with van der Waals surface area (Å²) in [6.45, 7) is 0. The number of nitrogens with one attached hydrogen (secondary N) is 2. The third kappa shape index (κ3) is 3.93. The van der Waals surface area contributed by atoms with Crippen molar-refractivity contribution in [2.75, 3.05) is 11.5 Å². The Kier molecular flexibility index (Phi) is 5.89. The summed E-state index contributed by atoms with van der Waals surface area (Å²) in [6.07, 6.45) is 1.81. The van der Waals surface area contributed by atoms with Crippen LogP contribution in [-0.4, -0.2) is 16.4 Å². The SMILES string of the molecule is N#Cc1ccc(-c2nc3cc(-c4c(F)c(N)c(F)c(N)c4F)ccc3c3c2C=C(c2ccccc2)C(=N)C3=N)cc1. The van der Waals surface area contributed by atoms with Gasteiger partial charge in [0.2, 0.25) is 0 Å². The number of pyridine rings is 1. The quantitative estimate of drug-likeness (QED) is 0.182. The third-order valence-corrected chi connectivity index (χ3v) is 7.13.